The van der Waals surface area contributed by atoms with Gasteiger partial charge in [0.25, 0.3) is 0 Å². The number of amides is 1. The third-order valence-corrected chi connectivity index (χ3v) is 5.68. The fourth-order valence-corrected chi connectivity index (χ4v) is 3.96. The fraction of sp³-hybridized carbons (Fsp3) is 0.333. The second kappa shape index (κ2) is 9.31. The third kappa shape index (κ3) is 4.77. The number of benzene rings is 2. The highest BCUT2D eigenvalue weighted by atomic mass is 19.1. The highest BCUT2D eigenvalue weighted by molar-refractivity contribution is 5.73. The monoisotopic (exact) mass is 422 g/mol. The Labute approximate surface area is 181 Å². The van der Waals surface area contributed by atoms with Crippen LogP contribution in [0.5, 0.6) is 5.75 Å². The number of aromatic nitrogens is 2. The number of nitrogens with zero attached hydrogens (tertiary/aromatic N) is 4. The summed E-state index contributed by atoms with van der Waals surface area (Å²) in [5.41, 5.74) is 3.21. The van der Waals surface area contributed by atoms with E-state index in [1.165, 1.54) is 6.07 Å². The molecule has 0 saturated carbocycles. The zero-order chi connectivity index (χ0) is 21.8. The normalized spacial score (nSPS) is 15.0. The lowest BCUT2D eigenvalue weighted by molar-refractivity contribution is -0.128. The predicted octanol–water partition coefficient (Wildman–Crippen LogP) is 3.74. The molecule has 1 aromatic heterocycles. The molecule has 0 N–H and O–H groups in total. The Balaban J connectivity index is 1.66. The summed E-state index contributed by atoms with van der Waals surface area (Å²) < 4.78 is 21.3. The summed E-state index contributed by atoms with van der Waals surface area (Å²) in [4.78, 5) is 16.0. The third-order valence-electron chi connectivity index (χ3n) is 5.68. The summed E-state index contributed by atoms with van der Waals surface area (Å²) in [5, 5.41) is 4.74. The van der Waals surface area contributed by atoms with E-state index >= 15 is 0 Å². The zero-order valence-electron chi connectivity index (χ0n) is 17.9. The van der Waals surface area contributed by atoms with Crippen molar-refractivity contribution in [1.82, 2.24) is 19.6 Å². The molecule has 4 rings (SSSR count). The van der Waals surface area contributed by atoms with E-state index in [4.69, 9.17) is 9.84 Å². The van der Waals surface area contributed by atoms with Crippen molar-refractivity contribution in [1.29, 1.82) is 0 Å². The van der Waals surface area contributed by atoms with Gasteiger partial charge in [0.2, 0.25) is 5.91 Å². The largest absolute Gasteiger partial charge is 0.497 e. The number of ether oxygens (including phenoxy) is 1. The van der Waals surface area contributed by atoms with Gasteiger partial charge in [0, 0.05) is 57.0 Å². The number of carbonyl (C=O) groups is 1. The van der Waals surface area contributed by atoms with Gasteiger partial charge in [-0.15, -0.1) is 0 Å². The van der Waals surface area contributed by atoms with Crippen LogP contribution in [0.3, 0.4) is 0 Å². The molecule has 0 radical (unpaired) electrons. The molecule has 6 nitrogen and oxygen atoms in total. The Kier molecular flexibility index (Phi) is 6.32. The highest BCUT2D eigenvalue weighted by Crippen LogP contribution is 2.27. The molecule has 0 aliphatic carbocycles. The molecule has 0 atom stereocenters. The molecule has 31 heavy (non-hydrogen) atoms. The van der Waals surface area contributed by atoms with Gasteiger partial charge in [0.1, 0.15) is 17.3 Å². The molecule has 0 unspecified atom stereocenters. The average molecular weight is 423 g/mol. The van der Waals surface area contributed by atoms with Gasteiger partial charge in [-0.25, -0.2) is 9.07 Å². The molecule has 3 aromatic rings. The standard InChI is InChI=1S/C24H27FN4O2/c1-18(30)28-13-5-12-27(14-15-28)16-20-17-29(23-7-4-3-6-22(23)25)26-24(20)19-8-10-21(31-2)11-9-19/h3-4,6-11,17H,5,12-16H2,1-2H3. The molecule has 0 spiro atoms. The Morgan fingerprint density at radius 1 is 1.06 bits per heavy atom. The summed E-state index contributed by atoms with van der Waals surface area (Å²) in [6.07, 6.45) is 2.84. The van der Waals surface area contributed by atoms with E-state index in [0.717, 1.165) is 48.6 Å². The second-order valence-electron chi connectivity index (χ2n) is 7.76. The van der Waals surface area contributed by atoms with Gasteiger partial charge < -0.3 is 9.64 Å². The van der Waals surface area contributed by atoms with Gasteiger partial charge in [0.05, 0.1) is 12.8 Å². The van der Waals surface area contributed by atoms with Gasteiger partial charge in [-0.2, -0.15) is 5.10 Å². The number of carbonyl (C=O) groups excluding carboxylic acids is 1. The van der Waals surface area contributed by atoms with Crippen molar-refractivity contribution in [3.63, 3.8) is 0 Å². The minimum absolute atomic E-state index is 0.119. The molecule has 1 fully saturated rings. The molecule has 2 heterocycles. The van der Waals surface area contributed by atoms with Gasteiger partial charge in [0.15, 0.2) is 0 Å². The minimum Gasteiger partial charge on any atom is -0.497 e. The van der Waals surface area contributed by atoms with Crippen molar-refractivity contribution in [2.75, 3.05) is 33.3 Å². The maximum Gasteiger partial charge on any atom is 0.219 e. The van der Waals surface area contributed by atoms with Crippen LogP contribution in [0.2, 0.25) is 0 Å². The lowest BCUT2D eigenvalue weighted by Gasteiger charge is -2.21. The van der Waals surface area contributed by atoms with Crippen molar-refractivity contribution >= 4 is 5.91 Å². The van der Waals surface area contributed by atoms with Crippen LogP contribution < -0.4 is 4.74 Å². The molecule has 0 bridgehead atoms. The van der Waals surface area contributed by atoms with Gasteiger partial charge >= 0.3 is 0 Å². The lowest BCUT2D eigenvalue weighted by Crippen LogP contribution is -2.33. The van der Waals surface area contributed by atoms with Gasteiger partial charge in [-0.3, -0.25) is 9.69 Å². The fourth-order valence-electron chi connectivity index (χ4n) is 3.96. The van der Waals surface area contributed by atoms with Crippen LogP contribution in [0.25, 0.3) is 16.9 Å². The predicted molar refractivity (Wildman–Crippen MR) is 118 cm³/mol. The van der Waals surface area contributed by atoms with E-state index in [1.807, 2.05) is 35.4 Å². The Morgan fingerprint density at radius 2 is 1.84 bits per heavy atom. The summed E-state index contributed by atoms with van der Waals surface area (Å²) in [7, 11) is 1.64. The van der Waals surface area contributed by atoms with Gasteiger partial charge in [-0.1, -0.05) is 12.1 Å². The number of para-hydroxylation sites is 1. The first-order chi connectivity index (χ1) is 15.0. The first-order valence-electron chi connectivity index (χ1n) is 10.5. The molecule has 1 saturated heterocycles. The van der Waals surface area contributed by atoms with Crippen LogP contribution in [0.1, 0.15) is 18.9 Å². The van der Waals surface area contributed by atoms with Crippen molar-refractivity contribution in [2.24, 2.45) is 0 Å². The van der Waals surface area contributed by atoms with E-state index in [0.29, 0.717) is 18.8 Å². The van der Waals surface area contributed by atoms with Crippen LogP contribution in [0, 0.1) is 5.82 Å². The average Bonchev–Trinajstić information content (AvgIpc) is 3.03. The second-order valence-corrected chi connectivity index (χ2v) is 7.76. The quantitative estimate of drug-likeness (QED) is 0.629. The van der Waals surface area contributed by atoms with Crippen LogP contribution in [-0.4, -0.2) is 58.8 Å². The molecule has 1 aliphatic rings. The number of rotatable bonds is 5. The van der Waals surface area contributed by atoms with E-state index < -0.39 is 0 Å². The Hall–Kier alpha value is -3.19. The molecule has 1 amide bonds. The summed E-state index contributed by atoms with van der Waals surface area (Å²) in [5.74, 6) is 0.577. The first kappa shape index (κ1) is 21.1. The smallest absolute Gasteiger partial charge is 0.219 e. The van der Waals surface area contributed by atoms with Crippen LogP contribution in [0.4, 0.5) is 4.39 Å². The maximum absolute atomic E-state index is 14.4. The number of hydrogen-bond donors (Lipinski definition) is 0. The topological polar surface area (TPSA) is 50.6 Å². The van der Waals surface area contributed by atoms with Crippen molar-refractivity contribution < 1.29 is 13.9 Å². The number of hydrogen-bond acceptors (Lipinski definition) is 4. The molecule has 162 valence electrons. The van der Waals surface area contributed by atoms with Crippen LogP contribution in [-0.2, 0) is 11.3 Å². The molecular weight excluding hydrogens is 395 g/mol. The Bertz CT molecular complexity index is 1050. The molecule has 2 aromatic carbocycles. The summed E-state index contributed by atoms with van der Waals surface area (Å²) >= 11 is 0. The van der Waals surface area contributed by atoms with E-state index in [-0.39, 0.29) is 11.7 Å². The lowest BCUT2D eigenvalue weighted by atomic mass is 10.1. The molecule has 1 aliphatic heterocycles. The summed E-state index contributed by atoms with van der Waals surface area (Å²) in [6.45, 7) is 5.50. The van der Waals surface area contributed by atoms with E-state index in [2.05, 4.69) is 4.90 Å². The molecule has 7 heteroatoms. The van der Waals surface area contributed by atoms with Crippen LogP contribution in [0.15, 0.2) is 54.7 Å². The number of halogens is 1. The summed E-state index contributed by atoms with van der Waals surface area (Å²) in [6, 6.07) is 14.4. The van der Waals surface area contributed by atoms with E-state index in [1.54, 1.807) is 36.9 Å². The highest BCUT2D eigenvalue weighted by Gasteiger charge is 2.20. The zero-order valence-corrected chi connectivity index (χ0v) is 17.9. The van der Waals surface area contributed by atoms with E-state index in [9.17, 15) is 9.18 Å². The first-order valence-corrected chi connectivity index (χ1v) is 10.5. The van der Waals surface area contributed by atoms with Crippen molar-refractivity contribution in [2.45, 2.75) is 19.9 Å². The SMILES string of the molecule is COc1ccc(-c2nn(-c3ccccc3F)cc2CN2CCCN(C(C)=O)CC2)cc1. The van der Waals surface area contributed by atoms with Crippen molar-refractivity contribution in [3.8, 4) is 22.7 Å². The minimum atomic E-state index is -0.315. The Morgan fingerprint density at radius 3 is 2.55 bits per heavy atom. The maximum atomic E-state index is 14.4. The molecular formula is C24H27FN4O2. The van der Waals surface area contributed by atoms with Crippen molar-refractivity contribution in [3.05, 3.63) is 66.1 Å². The number of methoxy groups -OCH3 is 1. The van der Waals surface area contributed by atoms with Crippen LogP contribution >= 0.6 is 0 Å². The van der Waals surface area contributed by atoms with Gasteiger partial charge in [-0.05, 0) is 42.8 Å².